The molecule has 1 heterocycles. The van der Waals surface area contributed by atoms with Crippen LogP contribution in [0, 0.1) is 0 Å². The molecule has 0 amide bonds. The van der Waals surface area contributed by atoms with Gasteiger partial charge in [-0.1, -0.05) is 12.1 Å². The third kappa shape index (κ3) is 3.21. The Morgan fingerprint density at radius 3 is 2.59 bits per heavy atom. The molecular weight excluding hydrogens is 284 g/mol. The van der Waals surface area contributed by atoms with Gasteiger partial charge in [0.15, 0.2) is 5.79 Å². The summed E-state index contributed by atoms with van der Waals surface area (Å²) in [4.78, 5) is 0. The number of para-hydroxylation sites is 1. The number of halogens is 1. The minimum absolute atomic E-state index is 0.390. The summed E-state index contributed by atoms with van der Waals surface area (Å²) in [6.45, 7) is 6.84. The summed E-state index contributed by atoms with van der Waals surface area (Å²) in [6, 6.07) is 7.78. The van der Waals surface area contributed by atoms with Crippen LogP contribution < -0.4 is 4.74 Å². The van der Waals surface area contributed by atoms with Crippen molar-refractivity contribution in [2.75, 3.05) is 13.2 Å². The average Bonchev–Trinajstić information content (AvgIpc) is 2.53. The minimum Gasteiger partial charge on any atom is -0.489 e. The lowest BCUT2D eigenvalue weighted by Crippen LogP contribution is -2.37. The van der Waals surface area contributed by atoms with E-state index in [0.29, 0.717) is 13.2 Å². The van der Waals surface area contributed by atoms with E-state index in [0.717, 1.165) is 10.2 Å². The smallest absolute Gasteiger partial charge is 0.163 e. The second-order valence-corrected chi connectivity index (χ2v) is 5.81. The molecule has 1 unspecified atom stereocenters. The van der Waals surface area contributed by atoms with Crippen LogP contribution >= 0.6 is 15.9 Å². The van der Waals surface area contributed by atoms with Crippen molar-refractivity contribution in [3.8, 4) is 5.75 Å². The molecule has 0 bridgehead atoms. The number of ether oxygens (including phenoxy) is 3. The zero-order chi connectivity index (χ0) is 12.5. The molecule has 0 radical (unpaired) electrons. The molecule has 0 aromatic heterocycles. The maximum absolute atomic E-state index is 5.84. The lowest BCUT2D eigenvalue weighted by molar-refractivity contribution is -0.162. The molecule has 1 aromatic rings. The molecule has 1 aliphatic heterocycles. The molecule has 1 aliphatic rings. The zero-order valence-electron chi connectivity index (χ0n) is 10.3. The lowest BCUT2D eigenvalue weighted by Gasteiger charge is -2.25. The van der Waals surface area contributed by atoms with Gasteiger partial charge in [-0.15, -0.1) is 0 Å². The second-order valence-electron chi connectivity index (χ2n) is 4.96. The fourth-order valence-electron chi connectivity index (χ4n) is 1.84. The quantitative estimate of drug-likeness (QED) is 0.856. The molecule has 1 atom stereocenters. The molecule has 0 spiro atoms. The highest BCUT2D eigenvalue weighted by Gasteiger charge is 2.42. The summed E-state index contributed by atoms with van der Waals surface area (Å²) in [5.41, 5.74) is -0.390. The summed E-state index contributed by atoms with van der Waals surface area (Å²) in [7, 11) is 0. The molecule has 0 N–H and O–H groups in total. The Bertz CT molecular complexity index is 405. The van der Waals surface area contributed by atoms with Gasteiger partial charge >= 0.3 is 0 Å². The SMILES string of the molecule is CC1(COc2ccccc2Br)COC(C)(C)O1. The van der Waals surface area contributed by atoms with E-state index in [4.69, 9.17) is 14.2 Å². The predicted octanol–water partition coefficient (Wildman–Crippen LogP) is 3.37. The van der Waals surface area contributed by atoms with Crippen LogP contribution in [-0.4, -0.2) is 24.6 Å². The topological polar surface area (TPSA) is 27.7 Å². The Morgan fingerprint density at radius 2 is 2.00 bits per heavy atom. The first-order chi connectivity index (χ1) is 7.90. The van der Waals surface area contributed by atoms with Crippen LogP contribution in [0.15, 0.2) is 28.7 Å². The van der Waals surface area contributed by atoms with Gasteiger partial charge in [-0.2, -0.15) is 0 Å². The van der Waals surface area contributed by atoms with E-state index in [1.165, 1.54) is 0 Å². The van der Waals surface area contributed by atoms with Gasteiger partial charge in [0.1, 0.15) is 18.0 Å². The second kappa shape index (κ2) is 4.59. The summed E-state index contributed by atoms with van der Waals surface area (Å²) >= 11 is 3.45. The Labute approximate surface area is 110 Å². The van der Waals surface area contributed by atoms with Crippen molar-refractivity contribution in [2.24, 2.45) is 0 Å². The Balaban J connectivity index is 1.97. The van der Waals surface area contributed by atoms with Crippen LogP contribution in [0.4, 0.5) is 0 Å². The normalized spacial score (nSPS) is 27.1. The van der Waals surface area contributed by atoms with E-state index < -0.39 is 11.4 Å². The van der Waals surface area contributed by atoms with Gasteiger partial charge < -0.3 is 14.2 Å². The van der Waals surface area contributed by atoms with E-state index in [-0.39, 0.29) is 0 Å². The van der Waals surface area contributed by atoms with Crippen molar-refractivity contribution in [1.82, 2.24) is 0 Å². The van der Waals surface area contributed by atoms with Crippen molar-refractivity contribution in [1.29, 1.82) is 0 Å². The number of rotatable bonds is 3. The monoisotopic (exact) mass is 300 g/mol. The van der Waals surface area contributed by atoms with Crippen LogP contribution in [0.5, 0.6) is 5.75 Å². The van der Waals surface area contributed by atoms with E-state index >= 15 is 0 Å². The maximum Gasteiger partial charge on any atom is 0.163 e. The Kier molecular flexibility index (Phi) is 3.48. The average molecular weight is 301 g/mol. The van der Waals surface area contributed by atoms with E-state index in [1.807, 2.05) is 45.0 Å². The summed E-state index contributed by atoms with van der Waals surface area (Å²) in [5, 5.41) is 0. The van der Waals surface area contributed by atoms with Crippen LogP contribution in [-0.2, 0) is 9.47 Å². The Hall–Kier alpha value is -0.580. The molecule has 1 aromatic carbocycles. The van der Waals surface area contributed by atoms with Crippen molar-refractivity contribution in [2.45, 2.75) is 32.2 Å². The number of hydrogen-bond acceptors (Lipinski definition) is 3. The van der Waals surface area contributed by atoms with Crippen molar-refractivity contribution < 1.29 is 14.2 Å². The van der Waals surface area contributed by atoms with Crippen LogP contribution in [0.25, 0.3) is 0 Å². The number of benzene rings is 1. The highest BCUT2D eigenvalue weighted by Crippen LogP contribution is 2.32. The molecule has 1 saturated heterocycles. The molecular formula is C13H17BrO3. The van der Waals surface area contributed by atoms with Crippen molar-refractivity contribution in [3.05, 3.63) is 28.7 Å². The van der Waals surface area contributed by atoms with Crippen LogP contribution in [0.3, 0.4) is 0 Å². The van der Waals surface area contributed by atoms with Gasteiger partial charge in [0.05, 0.1) is 11.1 Å². The van der Waals surface area contributed by atoms with Gasteiger partial charge in [0, 0.05) is 0 Å². The van der Waals surface area contributed by atoms with E-state index in [2.05, 4.69) is 15.9 Å². The fraction of sp³-hybridized carbons (Fsp3) is 0.538. The van der Waals surface area contributed by atoms with Gasteiger partial charge in [0.2, 0.25) is 0 Å². The number of hydrogen-bond donors (Lipinski definition) is 0. The molecule has 4 heteroatoms. The predicted molar refractivity (Wildman–Crippen MR) is 69.2 cm³/mol. The van der Waals surface area contributed by atoms with Crippen molar-refractivity contribution >= 4 is 15.9 Å². The van der Waals surface area contributed by atoms with E-state index in [1.54, 1.807) is 0 Å². The molecule has 3 nitrogen and oxygen atoms in total. The van der Waals surface area contributed by atoms with Gasteiger partial charge in [-0.05, 0) is 48.8 Å². The van der Waals surface area contributed by atoms with Crippen molar-refractivity contribution in [3.63, 3.8) is 0 Å². The minimum atomic E-state index is -0.522. The maximum atomic E-state index is 5.84. The van der Waals surface area contributed by atoms with Gasteiger partial charge in [-0.25, -0.2) is 0 Å². The van der Waals surface area contributed by atoms with Gasteiger partial charge in [0.25, 0.3) is 0 Å². The summed E-state index contributed by atoms with van der Waals surface area (Å²) in [6.07, 6.45) is 0. The molecule has 0 aliphatic carbocycles. The largest absolute Gasteiger partial charge is 0.489 e. The first-order valence-electron chi connectivity index (χ1n) is 5.62. The Morgan fingerprint density at radius 1 is 1.29 bits per heavy atom. The lowest BCUT2D eigenvalue weighted by atomic mass is 10.1. The van der Waals surface area contributed by atoms with E-state index in [9.17, 15) is 0 Å². The van der Waals surface area contributed by atoms with Crippen LogP contribution in [0.2, 0.25) is 0 Å². The molecule has 0 saturated carbocycles. The fourth-order valence-corrected chi connectivity index (χ4v) is 2.24. The summed E-state index contributed by atoms with van der Waals surface area (Å²) in [5.74, 6) is 0.300. The third-order valence-electron chi connectivity index (χ3n) is 2.59. The first kappa shape index (κ1) is 12.9. The molecule has 1 fully saturated rings. The standard InChI is InChI=1S/C13H17BrO3/c1-12(2)16-9-13(3,17-12)8-15-11-7-5-4-6-10(11)14/h4-7H,8-9H2,1-3H3. The highest BCUT2D eigenvalue weighted by atomic mass is 79.9. The van der Waals surface area contributed by atoms with Gasteiger partial charge in [-0.3, -0.25) is 0 Å². The highest BCUT2D eigenvalue weighted by molar-refractivity contribution is 9.10. The molecule has 94 valence electrons. The third-order valence-corrected chi connectivity index (χ3v) is 3.24. The molecule has 2 rings (SSSR count). The molecule has 17 heavy (non-hydrogen) atoms. The summed E-state index contributed by atoms with van der Waals surface area (Å²) < 4.78 is 18.1. The zero-order valence-corrected chi connectivity index (χ0v) is 11.9. The first-order valence-corrected chi connectivity index (χ1v) is 6.41. The van der Waals surface area contributed by atoms with Crippen LogP contribution in [0.1, 0.15) is 20.8 Å².